The van der Waals surface area contributed by atoms with Crippen LogP contribution in [0.1, 0.15) is 20.8 Å². The number of carboxylic acids is 1. The van der Waals surface area contributed by atoms with Crippen LogP contribution in [0.25, 0.3) is 0 Å². The van der Waals surface area contributed by atoms with Crippen LogP contribution >= 0.6 is 15.9 Å². The number of hydrogen-bond acceptors (Lipinski definition) is 2. The van der Waals surface area contributed by atoms with E-state index in [0.29, 0.717) is 11.4 Å². The second-order valence-corrected chi connectivity index (χ2v) is 4.91. The normalized spacial score (nSPS) is 10.2. The number of nitrogens with zero attached hydrogens (tertiary/aromatic N) is 1. The van der Waals surface area contributed by atoms with Crippen LogP contribution < -0.4 is 5.32 Å². The lowest BCUT2D eigenvalue weighted by Crippen LogP contribution is -2.15. The van der Waals surface area contributed by atoms with Crippen LogP contribution in [0.3, 0.4) is 0 Å². The summed E-state index contributed by atoms with van der Waals surface area (Å²) in [5.74, 6) is -1.33. The summed E-state index contributed by atoms with van der Waals surface area (Å²) >= 11 is 3.29. The molecule has 0 unspecified atom stereocenters. The molecule has 2 aromatic rings. The molecule has 0 saturated carbocycles. The Morgan fingerprint density at radius 2 is 2.05 bits per heavy atom. The summed E-state index contributed by atoms with van der Waals surface area (Å²) in [6, 6.07) is 7.80. The Labute approximate surface area is 118 Å². The number of aromatic carboxylic acids is 1. The third-order valence-corrected chi connectivity index (χ3v) is 3.01. The van der Waals surface area contributed by atoms with Crippen LogP contribution in [-0.4, -0.2) is 21.6 Å². The lowest BCUT2D eigenvalue weighted by Gasteiger charge is -2.06. The molecule has 0 bridgehead atoms. The van der Waals surface area contributed by atoms with Gasteiger partial charge in [-0.15, -0.1) is 0 Å². The molecule has 0 aliphatic rings. The van der Waals surface area contributed by atoms with Gasteiger partial charge in [0.05, 0.1) is 5.56 Å². The molecule has 19 heavy (non-hydrogen) atoms. The topological polar surface area (TPSA) is 71.3 Å². The number of benzene rings is 1. The van der Waals surface area contributed by atoms with Crippen molar-refractivity contribution in [3.63, 3.8) is 0 Å². The standard InChI is InChI=1S/C13H11BrN2O3/c1-16-7-9(14)6-11(16)12(17)15-10-4-2-3-8(5-10)13(18)19/h2-7H,1H3,(H,15,17)(H,18,19). The molecule has 2 N–H and O–H groups in total. The number of aromatic nitrogens is 1. The van der Waals surface area contributed by atoms with Gasteiger partial charge in [0.2, 0.25) is 0 Å². The molecule has 98 valence electrons. The minimum absolute atomic E-state index is 0.130. The summed E-state index contributed by atoms with van der Waals surface area (Å²) in [5, 5.41) is 11.5. The molecule has 0 fully saturated rings. The first-order valence-corrected chi connectivity index (χ1v) is 6.23. The third kappa shape index (κ3) is 3.03. The van der Waals surface area contributed by atoms with E-state index >= 15 is 0 Å². The van der Waals surface area contributed by atoms with E-state index in [1.807, 2.05) is 0 Å². The van der Waals surface area contributed by atoms with Crippen LogP contribution in [0.5, 0.6) is 0 Å². The zero-order valence-electron chi connectivity index (χ0n) is 10.1. The number of rotatable bonds is 3. The van der Waals surface area contributed by atoms with E-state index in [1.54, 1.807) is 36.0 Å². The Morgan fingerprint density at radius 1 is 1.32 bits per heavy atom. The van der Waals surface area contributed by atoms with Crippen LogP contribution in [0, 0.1) is 0 Å². The maximum atomic E-state index is 12.0. The summed E-state index contributed by atoms with van der Waals surface area (Å²) < 4.78 is 2.49. The van der Waals surface area contributed by atoms with Gasteiger partial charge in [-0.2, -0.15) is 0 Å². The fraction of sp³-hybridized carbons (Fsp3) is 0.0769. The van der Waals surface area contributed by atoms with Gasteiger partial charge in [0, 0.05) is 23.4 Å². The van der Waals surface area contributed by atoms with Crippen LogP contribution in [0.15, 0.2) is 41.0 Å². The average Bonchev–Trinajstić information content (AvgIpc) is 2.69. The smallest absolute Gasteiger partial charge is 0.335 e. The molecule has 5 nitrogen and oxygen atoms in total. The molecule has 1 aromatic carbocycles. The molecule has 1 aromatic heterocycles. The first-order chi connectivity index (χ1) is 8.97. The van der Waals surface area contributed by atoms with E-state index in [0.717, 1.165) is 4.47 Å². The number of nitrogens with one attached hydrogen (secondary N) is 1. The number of anilines is 1. The fourth-order valence-electron chi connectivity index (χ4n) is 1.68. The Balaban J connectivity index is 2.21. The highest BCUT2D eigenvalue weighted by Gasteiger charge is 2.12. The molecule has 0 atom stereocenters. The number of amides is 1. The molecule has 0 spiro atoms. The van der Waals surface area contributed by atoms with E-state index in [4.69, 9.17) is 5.11 Å². The molecule has 1 amide bonds. The van der Waals surface area contributed by atoms with Crippen molar-refractivity contribution in [2.45, 2.75) is 0 Å². The number of aryl methyl sites for hydroxylation is 1. The fourth-order valence-corrected chi connectivity index (χ4v) is 2.20. The molecule has 0 radical (unpaired) electrons. The van der Waals surface area contributed by atoms with E-state index < -0.39 is 5.97 Å². The molecule has 1 heterocycles. The highest BCUT2D eigenvalue weighted by molar-refractivity contribution is 9.10. The van der Waals surface area contributed by atoms with Crippen molar-refractivity contribution in [2.75, 3.05) is 5.32 Å². The van der Waals surface area contributed by atoms with Crippen molar-refractivity contribution in [1.82, 2.24) is 4.57 Å². The van der Waals surface area contributed by atoms with Gasteiger partial charge in [-0.05, 0) is 40.2 Å². The highest BCUT2D eigenvalue weighted by Crippen LogP contribution is 2.16. The van der Waals surface area contributed by atoms with Gasteiger partial charge in [0.15, 0.2) is 0 Å². The van der Waals surface area contributed by atoms with Crippen LogP contribution in [0.4, 0.5) is 5.69 Å². The Morgan fingerprint density at radius 3 is 2.63 bits per heavy atom. The molecule has 0 aliphatic heterocycles. The van der Waals surface area contributed by atoms with Gasteiger partial charge >= 0.3 is 5.97 Å². The summed E-state index contributed by atoms with van der Waals surface area (Å²) in [7, 11) is 1.76. The predicted molar refractivity (Wildman–Crippen MR) is 74.5 cm³/mol. The number of carboxylic acid groups (broad SMARTS) is 1. The predicted octanol–water partition coefficient (Wildman–Crippen LogP) is 2.74. The molecule has 0 saturated heterocycles. The molecule has 0 aliphatic carbocycles. The van der Waals surface area contributed by atoms with Crippen molar-refractivity contribution in [3.05, 3.63) is 52.3 Å². The van der Waals surface area contributed by atoms with Crippen molar-refractivity contribution in [1.29, 1.82) is 0 Å². The van der Waals surface area contributed by atoms with Crippen molar-refractivity contribution >= 4 is 33.5 Å². The Kier molecular flexibility index (Phi) is 3.71. The first kappa shape index (κ1) is 13.4. The molecule has 6 heteroatoms. The molecule has 2 rings (SSSR count). The molecular weight excluding hydrogens is 312 g/mol. The van der Waals surface area contributed by atoms with Crippen molar-refractivity contribution in [3.8, 4) is 0 Å². The summed E-state index contributed by atoms with van der Waals surface area (Å²) in [4.78, 5) is 22.9. The van der Waals surface area contributed by atoms with Gasteiger partial charge in [0.1, 0.15) is 5.69 Å². The summed E-state index contributed by atoms with van der Waals surface area (Å²) in [5.41, 5.74) is 1.06. The van der Waals surface area contributed by atoms with E-state index in [9.17, 15) is 9.59 Å². The van der Waals surface area contributed by atoms with Crippen molar-refractivity contribution < 1.29 is 14.7 Å². The minimum Gasteiger partial charge on any atom is -0.478 e. The number of halogens is 1. The number of hydrogen-bond donors (Lipinski definition) is 2. The lowest BCUT2D eigenvalue weighted by molar-refractivity contribution is 0.0696. The quantitative estimate of drug-likeness (QED) is 0.912. The second kappa shape index (κ2) is 5.27. The zero-order chi connectivity index (χ0) is 14.0. The van der Waals surface area contributed by atoms with E-state index in [2.05, 4.69) is 21.2 Å². The van der Waals surface area contributed by atoms with Gasteiger partial charge in [-0.1, -0.05) is 6.07 Å². The SMILES string of the molecule is Cn1cc(Br)cc1C(=O)Nc1cccc(C(=O)O)c1. The van der Waals surface area contributed by atoms with Gasteiger partial charge in [-0.3, -0.25) is 4.79 Å². The first-order valence-electron chi connectivity index (χ1n) is 5.44. The zero-order valence-corrected chi connectivity index (χ0v) is 11.6. The monoisotopic (exact) mass is 322 g/mol. The maximum absolute atomic E-state index is 12.0. The van der Waals surface area contributed by atoms with Gasteiger partial charge in [-0.25, -0.2) is 4.79 Å². The van der Waals surface area contributed by atoms with Gasteiger partial charge in [0.25, 0.3) is 5.91 Å². The van der Waals surface area contributed by atoms with E-state index in [-0.39, 0.29) is 11.5 Å². The van der Waals surface area contributed by atoms with Crippen LogP contribution in [0.2, 0.25) is 0 Å². The van der Waals surface area contributed by atoms with Crippen LogP contribution in [-0.2, 0) is 7.05 Å². The number of carbonyl (C=O) groups excluding carboxylic acids is 1. The minimum atomic E-state index is -1.03. The Bertz CT molecular complexity index is 649. The lowest BCUT2D eigenvalue weighted by atomic mass is 10.2. The highest BCUT2D eigenvalue weighted by atomic mass is 79.9. The second-order valence-electron chi connectivity index (χ2n) is 3.99. The average molecular weight is 323 g/mol. The van der Waals surface area contributed by atoms with E-state index in [1.165, 1.54) is 12.1 Å². The third-order valence-electron chi connectivity index (χ3n) is 2.57. The largest absolute Gasteiger partial charge is 0.478 e. The summed E-state index contributed by atoms with van der Waals surface area (Å²) in [6.07, 6.45) is 1.77. The van der Waals surface area contributed by atoms with Gasteiger partial charge < -0.3 is 15.0 Å². The Hall–Kier alpha value is -2.08. The maximum Gasteiger partial charge on any atom is 0.335 e. The van der Waals surface area contributed by atoms with Crippen molar-refractivity contribution in [2.24, 2.45) is 7.05 Å². The molecular formula is C13H11BrN2O3. The number of carbonyl (C=O) groups is 2. The summed E-state index contributed by atoms with van der Waals surface area (Å²) in [6.45, 7) is 0.